The Morgan fingerprint density at radius 3 is 1.52 bits per heavy atom. The van der Waals surface area contributed by atoms with Crippen molar-refractivity contribution in [2.45, 2.75) is 128 Å². The van der Waals surface area contributed by atoms with Gasteiger partial charge in [-0.1, -0.05) is 89.5 Å². The van der Waals surface area contributed by atoms with Crippen LogP contribution in [-0.2, 0) is 0 Å². The van der Waals surface area contributed by atoms with Crippen LogP contribution in [0, 0.1) is 33.5 Å². The van der Waals surface area contributed by atoms with Gasteiger partial charge in [-0.2, -0.15) is 0 Å². The molecule has 0 radical (unpaired) electrons. The van der Waals surface area contributed by atoms with E-state index in [1.54, 1.807) is 0 Å². The first kappa shape index (κ1) is 25.0. The van der Waals surface area contributed by atoms with Crippen molar-refractivity contribution >= 4 is 0 Å². The fourth-order valence-electron chi connectivity index (χ4n) is 6.25. The molecule has 0 aliphatic heterocycles. The summed E-state index contributed by atoms with van der Waals surface area (Å²) in [5.41, 5.74) is 1.75. The Labute approximate surface area is 161 Å². The molecule has 0 aromatic rings. The van der Waals surface area contributed by atoms with Crippen LogP contribution in [0.15, 0.2) is 0 Å². The quantitative estimate of drug-likeness (QED) is 0.328. The lowest BCUT2D eigenvalue weighted by Gasteiger charge is -2.51. The van der Waals surface area contributed by atoms with Gasteiger partial charge < -0.3 is 0 Å². The third-order valence-corrected chi connectivity index (χ3v) is 7.70. The molecule has 0 aromatic heterocycles. The molecule has 0 fully saturated rings. The van der Waals surface area contributed by atoms with Crippen molar-refractivity contribution in [3.8, 4) is 0 Å². The zero-order chi connectivity index (χ0) is 20.1. The molecule has 1 atom stereocenters. The number of rotatable bonds is 12. The summed E-state index contributed by atoms with van der Waals surface area (Å²) in [6, 6.07) is 0. The molecule has 0 nitrogen and oxygen atoms in total. The first-order chi connectivity index (χ1) is 11.2. The third kappa shape index (κ3) is 6.91. The fourth-order valence-corrected chi connectivity index (χ4v) is 6.25. The Balaban J connectivity index is 5.07. The minimum atomic E-state index is 0.406. The van der Waals surface area contributed by atoms with Crippen molar-refractivity contribution in [1.29, 1.82) is 0 Å². The van der Waals surface area contributed by atoms with Crippen molar-refractivity contribution in [2.24, 2.45) is 33.5 Å². The van der Waals surface area contributed by atoms with Gasteiger partial charge in [0.1, 0.15) is 0 Å². The average molecular weight is 353 g/mol. The Bertz CT molecular complexity index is 365. The van der Waals surface area contributed by atoms with Gasteiger partial charge in [0.15, 0.2) is 0 Å². The molecule has 1 unspecified atom stereocenters. The molecule has 25 heavy (non-hydrogen) atoms. The Kier molecular flexibility index (Phi) is 9.27. The van der Waals surface area contributed by atoms with Gasteiger partial charge in [-0.3, -0.25) is 0 Å². The first-order valence-corrected chi connectivity index (χ1v) is 11.2. The molecule has 0 aliphatic rings. The van der Waals surface area contributed by atoms with Gasteiger partial charge in [-0.25, -0.2) is 0 Å². The molecule has 0 saturated carbocycles. The van der Waals surface area contributed by atoms with Gasteiger partial charge in [0.05, 0.1) is 0 Å². The molecule has 0 heterocycles. The minimum Gasteiger partial charge on any atom is -0.0651 e. The SMILES string of the molecule is CCC(C)CC(C)(C)CC(C)(C)CCC(C)(C)C(CC)(CC)C(C)C. The fraction of sp³-hybridized carbons (Fsp3) is 1.00. The molecule has 0 bridgehead atoms. The van der Waals surface area contributed by atoms with E-state index in [2.05, 4.69) is 83.1 Å². The van der Waals surface area contributed by atoms with Gasteiger partial charge in [0, 0.05) is 0 Å². The smallest absolute Gasteiger partial charge is 0.0228 e. The zero-order valence-corrected chi connectivity index (χ0v) is 20.1. The summed E-state index contributed by atoms with van der Waals surface area (Å²) in [6.45, 7) is 29.5. The van der Waals surface area contributed by atoms with E-state index in [0.29, 0.717) is 21.7 Å². The van der Waals surface area contributed by atoms with Crippen LogP contribution in [0.2, 0.25) is 0 Å². The van der Waals surface area contributed by atoms with Crippen molar-refractivity contribution in [3.05, 3.63) is 0 Å². The highest BCUT2D eigenvalue weighted by atomic mass is 14.5. The standard InChI is InChI=1S/C25H52/c1-13-21(6)18-23(9,10)19-22(7,8)16-17-24(11,12)25(14-2,15-3)20(4)5/h20-21H,13-19H2,1-12H3. The summed E-state index contributed by atoms with van der Waals surface area (Å²) in [5, 5.41) is 0. The first-order valence-electron chi connectivity index (χ1n) is 11.2. The number of hydrogen-bond acceptors (Lipinski definition) is 0. The Morgan fingerprint density at radius 1 is 0.680 bits per heavy atom. The maximum absolute atomic E-state index is 2.54. The van der Waals surface area contributed by atoms with Crippen LogP contribution in [0.4, 0.5) is 0 Å². The van der Waals surface area contributed by atoms with Crippen LogP contribution in [0.25, 0.3) is 0 Å². The van der Waals surface area contributed by atoms with E-state index in [1.165, 1.54) is 44.9 Å². The minimum absolute atomic E-state index is 0.406. The molecule has 0 N–H and O–H groups in total. The van der Waals surface area contributed by atoms with Gasteiger partial charge in [0.2, 0.25) is 0 Å². The molecule has 0 aromatic carbocycles. The lowest BCUT2D eigenvalue weighted by Crippen LogP contribution is -2.42. The molecule has 0 aliphatic carbocycles. The molecule has 0 rings (SSSR count). The maximum Gasteiger partial charge on any atom is -0.0228 e. The summed E-state index contributed by atoms with van der Waals surface area (Å²) < 4.78 is 0. The second-order valence-electron chi connectivity index (χ2n) is 11.6. The summed E-state index contributed by atoms with van der Waals surface area (Å²) in [4.78, 5) is 0. The molecular formula is C25H52. The van der Waals surface area contributed by atoms with E-state index in [4.69, 9.17) is 0 Å². The van der Waals surface area contributed by atoms with Gasteiger partial charge >= 0.3 is 0 Å². The molecule has 0 spiro atoms. The van der Waals surface area contributed by atoms with Gasteiger partial charge in [-0.15, -0.1) is 0 Å². The topological polar surface area (TPSA) is 0 Å². The summed E-state index contributed by atoms with van der Waals surface area (Å²) in [6.07, 6.45) is 9.30. The highest BCUT2D eigenvalue weighted by Crippen LogP contribution is 2.54. The van der Waals surface area contributed by atoms with E-state index in [9.17, 15) is 0 Å². The van der Waals surface area contributed by atoms with Crippen molar-refractivity contribution < 1.29 is 0 Å². The van der Waals surface area contributed by atoms with E-state index in [-0.39, 0.29) is 0 Å². The Morgan fingerprint density at radius 2 is 1.16 bits per heavy atom. The zero-order valence-electron chi connectivity index (χ0n) is 20.1. The maximum atomic E-state index is 2.54. The summed E-state index contributed by atoms with van der Waals surface area (Å²) in [7, 11) is 0. The lowest BCUT2D eigenvalue weighted by atomic mass is 9.54. The van der Waals surface area contributed by atoms with Gasteiger partial charge in [0.25, 0.3) is 0 Å². The van der Waals surface area contributed by atoms with Crippen LogP contribution < -0.4 is 0 Å². The molecular weight excluding hydrogens is 300 g/mol. The average Bonchev–Trinajstić information content (AvgIpc) is 2.44. The summed E-state index contributed by atoms with van der Waals surface area (Å²) >= 11 is 0. The molecule has 0 heteroatoms. The summed E-state index contributed by atoms with van der Waals surface area (Å²) in [5.74, 6) is 1.60. The molecule has 152 valence electrons. The molecule has 0 saturated heterocycles. The van der Waals surface area contributed by atoms with Crippen LogP contribution in [-0.4, -0.2) is 0 Å². The van der Waals surface area contributed by atoms with Crippen LogP contribution in [0.3, 0.4) is 0 Å². The predicted molar refractivity (Wildman–Crippen MR) is 117 cm³/mol. The Hall–Kier alpha value is 0. The van der Waals surface area contributed by atoms with Crippen molar-refractivity contribution in [2.75, 3.05) is 0 Å². The monoisotopic (exact) mass is 352 g/mol. The van der Waals surface area contributed by atoms with Crippen LogP contribution in [0.1, 0.15) is 128 Å². The third-order valence-electron chi connectivity index (χ3n) is 7.70. The van der Waals surface area contributed by atoms with Crippen LogP contribution >= 0.6 is 0 Å². The van der Waals surface area contributed by atoms with E-state index >= 15 is 0 Å². The largest absolute Gasteiger partial charge is 0.0651 e. The van der Waals surface area contributed by atoms with E-state index in [1.807, 2.05) is 0 Å². The lowest BCUT2D eigenvalue weighted by molar-refractivity contribution is -0.0113. The predicted octanol–water partition coefficient (Wildman–Crippen LogP) is 9.13. The second-order valence-corrected chi connectivity index (χ2v) is 11.6. The van der Waals surface area contributed by atoms with E-state index in [0.717, 1.165) is 11.8 Å². The molecule has 0 amide bonds. The number of hydrogen-bond donors (Lipinski definition) is 0. The normalized spacial score (nSPS) is 15.7. The van der Waals surface area contributed by atoms with Crippen molar-refractivity contribution in [1.82, 2.24) is 0 Å². The van der Waals surface area contributed by atoms with Crippen LogP contribution in [0.5, 0.6) is 0 Å². The highest BCUT2D eigenvalue weighted by Gasteiger charge is 2.44. The second kappa shape index (κ2) is 9.27. The van der Waals surface area contributed by atoms with Gasteiger partial charge in [-0.05, 0) is 72.0 Å². The van der Waals surface area contributed by atoms with E-state index < -0.39 is 0 Å². The van der Waals surface area contributed by atoms with Crippen molar-refractivity contribution in [3.63, 3.8) is 0 Å². The highest BCUT2D eigenvalue weighted by molar-refractivity contribution is 4.94.